The van der Waals surface area contributed by atoms with Crippen molar-refractivity contribution in [3.05, 3.63) is 0 Å². The fourth-order valence-electron chi connectivity index (χ4n) is 0.538. The fraction of sp³-hybridized carbons (Fsp3) is 1.00. The van der Waals surface area contributed by atoms with Crippen molar-refractivity contribution in [3.8, 4) is 0 Å². The van der Waals surface area contributed by atoms with Crippen LogP contribution in [0.25, 0.3) is 0 Å². The van der Waals surface area contributed by atoms with Crippen molar-refractivity contribution in [2.45, 2.75) is 18.5 Å². The second kappa shape index (κ2) is 4.69. The number of hydrogen-bond donors (Lipinski definition) is 4. The van der Waals surface area contributed by atoms with Crippen molar-refractivity contribution in [3.63, 3.8) is 0 Å². The molecule has 0 rings (SSSR count). The minimum atomic E-state index is -0.299. The molecule has 56 valence electrons. The van der Waals surface area contributed by atoms with E-state index in [9.17, 15) is 0 Å². The van der Waals surface area contributed by atoms with Crippen LogP contribution in [-0.4, -0.2) is 35.5 Å². The third-order valence-corrected chi connectivity index (χ3v) is 1.07. The highest BCUT2D eigenvalue weighted by atomic mass is 16.3. The summed E-state index contributed by atoms with van der Waals surface area (Å²) in [5.41, 5.74) is 10.6. The third-order valence-electron chi connectivity index (χ3n) is 1.07. The topological polar surface area (TPSA) is 92.5 Å². The second-order valence-electron chi connectivity index (χ2n) is 2.12. The van der Waals surface area contributed by atoms with Crippen LogP contribution in [0.3, 0.4) is 0 Å². The minimum Gasteiger partial charge on any atom is -0.395 e. The predicted octanol–water partition coefficient (Wildman–Crippen LogP) is -1.98. The van der Waals surface area contributed by atoms with Gasteiger partial charge in [-0.2, -0.15) is 0 Å². The van der Waals surface area contributed by atoms with Gasteiger partial charge in [0.1, 0.15) is 0 Å². The molecule has 9 heavy (non-hydrogen) atoms. The Morgan fingerprint density at radius 3 is 1.56 bits per heavy atom. The largest absolute Gasteiger partial charge is 0.395 e. The van der Waals surface area contributed by atoms with E-state index in [0.29, 0.717) is 6.42 Å². The normalized spacial score (nSPS) is 17.3. The van der Waals surface area contributed by atoms with Gasteiger partial charge in [0.2, 0.25) is 0 Å². The van der Waals surface area contributed by atoms with Gasteiger partial charge in [0, 0.05) is 12.1 Å². The average Bonchev–Trinajstić information content (AvgIpc) is 1.87. The monoisotopic (exact) mass is 134 g/mol. The van der Waals surface area contributed by atoms with Gasteiger partial charge in [0.05, 0.1) is 13.2 Å². The Balaban J connectivity index is 3.22. The van der Waals surface area contributed by atoms with Crippen molar-refractivity contribution in [1.29, 1.82) is 0 Å². The van der Waals surface area contributed by atoms with E-state index in [1.165, 1.54) is 0 Å². The highest BCUT2D eigenvalue weighted by molar-refractivity contribution is 4.68. The van der Waals surface area contributed by atoms with Crippen LogP contribution in [0.5, 0.6) is 0 Å². The molecule has 0 aliphatic carbocycles. The van der Waals surface area contributed by atoms with Crippen LogP contribution in [0.4, 0.5) is 0 Å². The number of nitrogens with two attached hydrogens (primary N) is 2. The molecule has 4 heteroatoms. The third kappa shape index (κ3) is 4.35. The first kappa shape index (κ1) is 8.84. The quantitative estimate of drug-likeness (QED) is 0.358. The zero-order valence-electron chi connectivity index (χ0n) is 5.33. The van der Waals surface area contributed by atoms with E-state index in [4.69, 9.17) is 21.7 Å². The molecule has 2 unspecified atom stereocenters. The Morgan fingerprint density at radius 1 is 1.00 bits per heavy atom. The van der Waals surface area contributed by atoms with Gasteiger partial charge in [-0.1, -0.05) is 0 Å². The minimum absolute atomic E-state index is 0.0757. The summed E-state index contributed by atoms with van der Waals surface area (Å²) in [6.07, 6.45) is 0.465. The first-order valence-corrected chi connectivity index (χ1v) is 2.93. The molecule has 0 aromatic carbocycles. The molecule has 0 aromatic rings. The Kier molecular flexibility index (Phi) is 4.61. The molecule has 0 aromatic heterocycles. The van der Waals surface area contributed by atoms with E-state index in [0.717, 1.165) is 0 Å². The standard InChI is InChI=1S/C5H14N2O2/c6-4(2-8)1-5(7)3-9/h4-5,8-9H,1-3,6-7H2. The number of hydrogen-bond acceptors (Lipinski definition) is 4. The van der Waals surface area contributed by atoms with Gasteiger partial charge in [0.15, 0.2) is 0 Å². The van der Waals surface area contributed by atoms with Crippen molar-refractivity contribution in [2.24, 2.45) is 11.5 Å². The summed E-state index contributed by atoms with van der Waals surface area (Å²) in [4.78, 5) is 0. The van der Waals surface area contributed by atoms with Gasteiger partial charge in [0.25, 0.3) is 0 Å². The van der Waals surface area contributed by atoms with Crippen LogP contribution in [-0.2, 0) is 0 Å². The summed E-state index contributed by atoms with van der Waals surface area (Å²) in [5.74, 6) is 0. The predicted molar refractivity (Wildman–Crippen MR) is 34.7 cm³/mol. The lowest BCUT2D eigenvalue weighted by Crippen LogP contribution is -2.35. The number of aliphatic hydroxyl groups is 2. The molecule has 2 atom stereocenters. The summed E-state index contributed by atoms with van der Waals surface area (Å²) in [5, 5.41) is 16.8. The van der Waals surface area contributed by atoms with Crippen LogP contribution in [0.1, 0.15) is 6.42 Å². The van der Waals surface area contributed by atoms with E-state index in [-0.39, 0.29) is 25.3 Å². The number of rotatable bonds is 4. The van der Waals surface area contributed by atoms with Gasteiger partial charge in [-0.3, -0.25) is 0 Å². The zero-order chi connectivity index (χ0) is 7.28. The number of aliphatic hydroxyl groups excluding tert-OH is 2. The van der Waals surface area contributed by atoms with E-state index in [1.807, 2.05) is 0 Å². The van der Waals surface area contributed by atoms with Gasteiger partial charge in [-0.25, -0.2) is 0 Å². The first-order valence-electron chi connectivity index (χ1n) is 2.93. The average molecular weight is 134 g/mol. The molecule has 0 heterocycles. The molecular formula is C5H14N2O2. The highest BCUT2D eigenvalue weighted by Gasteiger charge is 2.05. The first-order chi connectivity index (χ1) is 4.20. The Labute approximate surface area is 54.5 Å². The van der Waals surface area contributed by atoms with E-state index in [2.05, 4.69) is 0 Å². The maximum Gasteiger partial charge on any atom is 0.0583 e. The Bertz CT molecular complexity index is 62.0. The lowest BCUT2D eigenvalue weighted by atomic mass is 10.1. The summed E-state index contributed by atoms with van der Waals surface area (Å²) in [7, 11) is 0. The smallest absolute Gasteiger partial charge is 0.0583 e. The molecular weight excluding hydrogens is 120 g/mol. The molecule has 0 spiro atoms. The van der Waals surface area contributed by atoms with Gasteiger partial charge >= 0.3 is 0 Å². The maximum absolute atomic E-state index is 8.42. The molecule has 0 aliphatic heterocycles. The van der Waals surface area contributed by atoms with Crippen LogP contribution in [0.2, 0.25) is 0 Å². The highest BCUT2D eigenvalue weighted by Crippen LogP contribution is 1.90. The molecule has 0 aliphatic rings. The summed E-state index contributed by atoms with van der Waals surface area (Å²) in [6, 6.07) is -0.598. The van der Waals surface area contributed by atoms with E-state index in [1.54, 1.807) is 0 Å². The molecule has 0 bridgehead atoms. The molecule has 6 N–H and O–H groups in total. The molecule has 0 saturated carbocycles. The van der Waals surface area contributed by atoms with E-state index >= 15 is 0 Å². The van der Waals surface area contributed by atoms with Crippen molar-refractivity contribution in [1.82, 2.24) is 0 Å². The molecule has 0 amide bonds. The molecule has 0 saturated heterocycles. The lowest BCUT2D eigenvalue weighted by Gasteiger charge is -2.11. The van der Waals surface area contributed by atoms with Crippen molar-refractivity contribution in [2.75, 3.05) is 13.2 Å². The van der Waals surface area contributed by atoms with Gasteiger partial charge in [-0.15, -0.1) is 0 Å². The van der Waals surface area contributed by atoms with Gasteiger partial charge < -0.3 is 21.7 Å². The van der Waals surface area contributed by atoms with Crippen LogP contribution >= 0.6 is 0 Å². The Hall–Kier alpha value is -0.160. The SMILES string of the molecule is NC(CO)CC(N)CO. The second-order valence-corrected chi connectivity index (χ2v) is 2.12. The molecule has 0 radical (unpaired) electrons. The molecule has 0 fully saturated rings. The summed E-state index contributed by atoms with van der Waals surface area (Å²) in [6.45, 7) is -0.151. The van der Waals surface area contributed by atoms with E-state index < -0.39 is 0 Å². The van der Waals surface area contributed by atoms with Crippen LogP contribution in [0, 0.1) is 0 Å². The van der Waals surface area contributed by atoms with Gasteiger partial charge in [-0.05, 0) is 6.42 Å². The maximum atomic E-state index is 8.42. The van der Waals surface area contributed by atoms with Crippen LogP contribution in [0.15, 0.2) is 0 Å². The Morgan fingerprint density at radius 2 is 1.33 bits per heavy atom. The zero-order valence-corrected chi connectivity index (χ0v) is 5.33. The summed E-state index contributed by atoms with van der Waals surface area (Å²) >= 11 is 0. The fourth-order valence-corrected chi connectivity index (χ4v) is 0.538. The van der Waals surface area contributed by atoms with Crippen molar-refractivity contribution >= 4 is 0 Å². The van der Waals surface area contributed by atoms with Crippen molar-refractivity contribution < 1.29 is 10.2 Å². The lowest BCUT2D eigenvalue weighted by molar-refractivity contribution is 0.221. The molecule has 4 nitrogen and oxygen atoms in total. The van der Waals surface area contributed by atoms with Crippen LogP contribution < -0.4 is 11.5 Å². The summed E-state index contributed by atoms with van der Waals surface area (Å²) < 4.78 is 0.